The van der Waals surface area contributed by atoms with Crippen LogP contribution in [-0.4, -0.2) is 29.7 Å². The lowest BCUT2D eigenvalue weighted by Gasteiger charge is -2.14. The van der Waals surface area contributed by atoms with Crippen LogP contribution in [0.25, 0.3) is 10.9 Å². The van der Waals surface area contributed by atoms with E-state index in [1.54, 1.807) is 13.2 Å². The predicted molar refractivity (Wildman–Crippen MR) is 64.5 cm³/mol. The van der Waals surface area contributed by atoms with Gasteiger partial charge in [0.1, 0.15) is 18.0 Å². The lowest BCUT2D eigenvalue weighted by atomic mass is 10.2. The molecule has 1 unspecified atom stereocenters. The molecule has 0 amide bonds. The fraction of sp³-hybridized carbons (Fsp3) is 0.333. The zero-order valence-electron chi connectivity index (χ0n) is 9.77. The number of halogens is 1. The van der Waals surface area contributed by atoms with Gasteiger partial charge in [0.15, 0.2) is 0 Å². The van der Waals surface area contributed by atoms with Gasteiger partial charge >= 0.3 is 0 Å². The van der Waals surface area contributed by atoms with Gasteiger partial charge < -0.3 is 10.1 Å². The van der Waals surface area contributed by atoms with Crippen molar-refractivity contribution in [3.63, 3.8) is 0 Å². The van der Waals surface area contributed by atoms with E-state index in [1.807, 2.05) is 6.92 Å². The number of hydrogen-bond acceptors (Lipinski definition) is 4. The van der Waals surface area contributed by atoms with E-state index in [4.69, 9.17) is 4.74 Å². The van der Waals surface area contributed by atoms with Crippen LogP contribution in [0.4, 0.5) is 10.2 Å². The largest absolute Gasteiger partial charge is 0.383 e. The highest BCUT2D eigenvalue weighted by Crippen LogP contribution is 2.20. The van der Waals surface area contributed by atoms with Crippen LogP contribution in [0.1, 0.15) is 6.92 Å². The Hall–Kier alpha value is -1.75. The van der Waals surface area contributed by atoms with Crippen molar-refractivity contribution in [3.8, 4) is 0 Å². The van der Waals surface area contributed by atoms with Crippen molar-refractivity contribution in [2.24, 2.45) is 0 Å². The van der Waals surface area contributed by atoms with Crippen LogP contribution in [0.15, 0.2) is 24.5 Å². The Kier molecular flexibility index (Phi) is 3.49. The summed E-state index contributed by atoms with van der Waals surface area (Å²) in [5.41, 5.74) is 0.716. The van der Waals surface area contributed by atoms with E-state index in [0.29, 0.717) is 23.3 Å². The lowest BCUT2D eigenvalue weighted by molar-refractivity contribution is 0.190. The average Bonchev–Trinajstić information content (AvgIpc) is 2.30. The second-order valence-corrected chi connectivity index (χ2v) is 3.88. The minimum Gasteiger partial charge on any atom is -0.383 e. The maximum atomic E-state index is 13.2. The van der Waals surface area contributed by atoms with Crippen molar-refractivity contribution in [2.45, 2.75) is 13.0 Å². The van der Waals surface area contributed by atoms with Crippen molar-refractivity contribution < 1.29 is 9.13 Å². The van der Waals surface area contributed by atoms with Crippen LogP contribution in [0, 0.1) is 5.82 Å². The van der Waals surface area contributed by atoms with Gasteiger partial charge in [-0.05, 0) is 25.1 Å². The molecule has 0 radical (unpaired) electrons. The van der Waals surface area contributed by atoms with Crippen molar-refractivity contribution in [3.05, 3.63) is 30.3 Å². The lowest BCUT2D eigenvalue weighted by Crippen LogP contribution is -2.21. The molecular weight excluding hydrogens is 221 g/mol. The second-order valence-electron chi connectivity index (χ2n) is 3.88. The molecule has 0 spiro atoms. The van der Waals surface area contributed by atoms with Crippen molar-refractivity contribution >= 4 is 16.7 Å². The zero-order chi connectivity index (χ0) is 12.3. The molecule has 0 saturated heterocycles. The molecule has 2 aromatic rings. The number of benzene rings is 1. The molecule has 1 aromatic carbocycles. The first kappa shape index (κ1) is 11.7. The third kappa shape index (κ3) is 2.68. The van der Waals surface area contributed by atoms with Crippen LogP contribution in [0.3, 0.4) is 0 Å². The van der Waals surface area contributed by atoms with Gasteiger partial charge in [-0.2, -0.15) is 0 Å². The Morgan fingerprint density at radius 3 is 3.00 bits per heavy atom. The van der Waals surface area contributed by atoms with Gasteiger partial charge in [-0.15, -0.1) is 0 Å². The van der Waals surface area contributed by atoms with Gasteiger partial charge in [0, 0.05) is 18.5 Å². The topological polar surface area (TPSA) is 47.0 Å². The van der Waals surface area contributed by atoms with Gasteiger partial charge in [0.05, 0.1) is 12.1 Å². The number of aromatic nitrogens is 2. The molecular formula is C12H14FN3O. The summed E-state index contributed by atoms with van der Waals surface area (Å²) >= 11 is 0. The van der Waals surface area contributed by atoms with Gasteiger partial charge in [0.25, 0.3) is 0 Å². The molecule has 5 heteroatoms. The average molecular weight is 235 g/mol. The minimum atomic E-state index is -0.297. The first-order valence-electron chi connectivity index (χ1n) is 5.36. The second kappa shape index (κ2) is 5.05. The molecule has 0 bridgehead atoms. The summed E-state index contributed by atoms with van der Waals surface area (Å²) in [7, 11) is 1.63. The molecule has 2 rings (SSSR count). The highest BCUT2D eigenvalue weighted by atomic mass is 19.1. The first-order valence-corrected chi connectivity index (χ1v) is 5.36. The quantitative estimate of drug-likeness (QED) is 0.882. The minimum absolute atomic E-state index is 0.0985. The van der Waals surface area contributed by atoms with Crippen LogP contribution in [-0.2, 0) is 4.74 Å². The molecule has 1 N–H and O–H groups in total. The maximum absolute atomic E-state index is 13.2. The van der Waals surface area contributed by atoms with Crippen molar-refractivity contribution in [1.82, 2.24) is 9.97 Å². The Balaban J connectivity index is 2.36. The third-order valence-corrected chi connectivity index (χ3v) is 2.40. The Labute approximate surface area is 98.8 Å². The maximum Gasteiger partial charge on any atom is 0.137 e. The van der Waals surface area contributed by atoms with Crippen molar-refractivity contribution in [1.29, 1.82) is 0 Å². The standard InChI is InChI=1S/C12H14FN3O/c1-8(6-17-2)16-12-10-5-9(13)3-4-11(10)14-7-15-12/h3-5,7-8H,6H2,1-2H3,(H,14,15,16). The summed E-state index contributed by atoms with van der Waals surface area (Å²) in [5, 5.41) is 3.85. The SMILES string of the molecule is COCC(C)Nc1ncnc2ccc(F)cc12. The molecule has 17 heavy (non-hydrogen) atoms. The molecule has 0 aliphatic carbocycles. The van der Waals surface area contributed by atoms with Crippen LogP contribution in [0.2, 0.25) is 0 Å². The Morgan fingerprint density at radius 1 is 1.41 bits per heavy atom. The molecule has 1 aromatic heterocycles. The number of ether oxygens (including phenoxy) is 1. The van der Waals surface area contributed by atoms with Crippen LogP contribution < -0.4 is 5.32 Å². The normalized spacial score (nSPS) is 12.6. The smallest absolute Gasteiger partial charge is 0.137 e. The van der Waals surface area contributed by atoms with Gasteiger partial charge in [-0.1, -0.05) is 0 Å². The van der Waals surface area contributed by atoms with E-state index >= 15 is 0 Å². The highest BCUT2D eigenvalue weighted by molar-refractivity contribution is 5.88. The summed E-state index contributed by atoms with van der Waals surface area (Å²) < 4.78 is 18.2. The number of hydrogen-bond donors (Lipinski definition) is 1. The molecule has 90 valence electrons. The van der Waals surface area contributed by atoms with E-state index in [9.17, 15) is 4.39 Å². The van der Waals surface area contributed by atoms with Crippen LogP contribution in [0.5, 0.6) is 0 Å². The molecule has 1 atom stereocenters. The number of fused-ring (bicyclic) bond motifs is 1. The highest BCUT2D eigenvalue weighted by Gasteiger charge is 2.07. The fourth-order valence-corrected chi connectivity index (χ4v) is 1.67. The number of nitrogens with zero attached hydrogens (tertiary/aromatic N) is 2. The summed E-state index contributed by atoms with van der Waals surface area (Å²) in [6.07, 6.45) is 1.46. The zero-order valence-corrected chi connectivity index (χ0v) is 9.77. The first-order chi connectivity index (χ1) is 8.20. The van der Waals surface area contributed by atoms with Gasteiger partial charge in [-0.25, -0.2) is 14.4 Å². The molecule has 0 aliphatic heterocycles. The Morgan fingerprint density at radius 2 is 2.24 bits per heavy atom. The molecule has 4 nitrogen and oxygen atoms in total. The summed E-state index contributed by atoms with van der Waals surface area (Å²) in [5.74, 6) is 0.328. The summed E-state index contributed by atoms with van der Waals surface area (Å²) in [6, 6.07) is 4.55. The summed E-state index contributed by atoms with van der Waals surface area (Å²) in [4.78, 5) is 8.21. The molecule has 0 saturated carbocycles. The van der Waals surface area contributed by atoms with E-state index < -0.39 is 0 Å². The fourth-order valence-electron chi connectivity index (χ4n) is 1.67. The molecule has 0 aliphatic rings. The van der Waals surface area contributed by atoms with E-state index in [2.05, 4.69) is 15.3 Å². The number of anilines is 1. The van der Waals surface area contributed by atoms with E-state index in [1.165, 1.54) is 18.5 Å². The number of methoxy groups -OCH3 is 1. The monoisotopic (exact) mass is 235 g/mol. The Bertz CT molecular complexity index is 518. The number of nitrogens with one attached hydrogen (secondary N) is 1. The summed E-state index contributed by atoms with van der Waals surface area (Å²) in [6.45, 7) is 2.53. The predicted octanol–water partition coefficient (Wildman–Crippen LogP) is 2.22. The van der Waals surface area contributed by atoms with Gasteiger partial charge in [-0.3, -0.25) is 0 Å². The molecule has 1 heterocycles. The number of rotatable bonds is 4. The third-order valence-electron chi connectivity index (χ3n) is 2.40. The van der Waals surface area contributed by atoms with Crippen molar-refractivity contribution in [2.75, 3.05) is 19.0 Å². The van der Waals surface area contributed by atoms with E-state index in [0.717, 1.165) is 0 Å². The van der Waals surface area contributed by atoms with E-state index in [-0.39, 0.29) is 11.9 Å². The van der Waals surface area contributed by atoms with Gasteiger partial charge in [0.2, 0.25) is 0 Å². The van der Waals surface area contributed by atoms with Crippen LogP contribution >= 0.6 is 0 Å². The molecule has 0 fully saturated rings.